The fourth-order valence-corrected chi connectivity index (χ4v) is 1.85. The first-order valence-corrected chi connectivity index (χ1v) is 6.33. The molecule has 0 radical (unpaired) electrons. The van der Waals surface area contributed by atoms with Gasteiger partial charge in [0.15, 0.2) is 0 Å². The topological polar surface area (TPSA) is 44.6 Å². The number of rotatable bonds is 4. The Bertz CT molecular complexity index is 541. The molecule has 0 unspecified atom stereocenters. The van der Waals surface area contributed by atoms with Gasteiger partial charge in [0.05, 0.1) is 17.2 Å². The molecule has 4 heteroatoms. The van der Waals surface area contributed by atoms with E-state index < -0.39 is 0 Å². The monoisotopic (exact) mass is 304 g/mol. The summed E-state index contributed by atoms with van der Waals surface area (Å²) >= 11 is 3.26. The van der Waals surface area contributed by atoms with Gasteiger partial charge in [0.1, 0.15) is 5.75 Å². The van der Waals surface area contributed by atoms with Crippen LogP contribution in [-0.4, -0.2) is 11.3 Å². The minimum Gasteiger partial charge on any atom is -0.507 e. The van der Waals surface area contributed by atoms with Crippen molar-refractivity contribution in [2.45, 2.75) is 6.54 Å². The van der Waals surface area contributed by atoms with Gasteiger partial charge in [0.25, 0.3) is 0 Å². The average Bonchev–Trinajstić information content (AvgIpc) is 2.40. The summed E-state index contributed by atoms with van der Waals surface area (Å²) in [5, 5.41) is 13.5. The van der Waals surface area contributed by atoms with Crippen molar-refractivity contribution in [3.8, 4) is 5.75 Å². The van der Waals surface area contributed by atoms with Gasteiger partial charge in [-0.3, -0.25) is 0 Å². The van der Waals surface area contributed by atoms with Crippen molar-refractivity contribution in [3.05, 3.63) is 64.1 Å². The van der Waals surface area contributed by atoms with Crippen LogP contribution < -0.4 is 5.43 Å². The smallest absolute Gasteiger partial charge is 0.129 e. The number of hydrazone groups is 1. The quantitative estimate of drug-likeness (QED) is 0.672. The lowest BCUT2D eigenvalue weighted by Gasteiger charge is -2.01. The van der Waals surface area contributed by atoms with Gasteiger partial charge in [0.2, 0.25) is 0 Å². The first-order chi connectivity index (χ1) is 8.75. The van der Waals surface area contributed by atoms with Crippen LogP contribution in [0.25, 0.3) is 0 Å². The summed E-state index contributed by atoms with van der Waals surface area (Å²) in [6.07, 6.45) is 1.72. The maximum atomic E-state index is 9.36. The summed E-state index contributed by atoms with van der Waals surface area (Å²) in [6.45, 7) is 0.691. The Morgan fingerprint density at radius 1 is 1.17 bits per heavy atom. The molecule has 0 aliphatic rings. The molecule has 0 aliphatic heterocycles. The van der Waals surface area contributed by atoms with Crippen LogP contribution in [-0.2, 0) is 6.54 Å². The largest absolute Gasteiger partial charge is 0.507 e. The molecule has 2 aromatic carbocycles. The van der Waals surface area contributed by atoms with Gasteiger partial charge in [-0.2, -0.15) is 5.10 Å². The summed E-state index contributed by atoms with van der Waals surface area (Å²) in [5.41, 5.74) is 5.07. The molecular formula is C14H13BrN2O. The predicted octanol–water partition coefficient (Wildman–Crippen LogP) is 3.28. The number of benzene rings is 2. The van der Waals surface area contributed by atoms with Gasteiger partial charge in [-0.25, -0.2) is 0 Å². The Hall–Kier alpha value is -1.81. The standard InChI is InChI=1S/C14H13BrN2O/c15-13-8-12(6-7-14(13)18)10-17-16-9-11-4-2-1-3-5-11/h1-8,10,16,18H,9H2. The van der Waals surface area contributed by atoms with Crippen molar-refractivity contribution < 1.29 is 5.11 Å². The van der Waals surface area contributed by atoms with Crippen molar-refractivity contribution in [2.24, 2.45) is 5.10 Å². The zero-order chi connectivity index (χ0) is 12.8. The number of aromatic hydroxyl groups is 1. The van der Waals surface area contributed by atoms with E-state index in [4.69, 9.17) is 0 Å². The van der Waals surface area contributed by atoms with Gasteiger partial charge in [-0.05, 0) is 45.3 Å². The number of hydrogen-bond acceptors (Lipinski definition) is 3. The van der Waals surface area contributed by atoms with E-state index in [2.05, 4.69) is 26.5 Å². The number of phenols is 1. The predicted molar refractivity (Wildman–Crippen MR) is 76.7 cm³/mol. The molecule has 2 rings (SSSR count). The molecule has 0 spiro atoms. The number of halogens is 1. The first-order valence-electron chi connectivity index (χ1n) is 5.54. The third-order valence-corrected chi connectivity index (χ3v) is 3.04. The molecule has 0 amide bonds. The number of nitrogens with one attached hydrogen (secondary N) is 1. The molecule has 0 bridgehead atoms. The average molecular weight is 305 g/mol. The Balaban J connectivity index is 1.90. The van der Waals surface area contributed by atoms with Gasteiger partial charge >= 0.3 is 0 Å². The molecule has 0 aromatic heterocycles. The van der Waals surface area contributed by atoms with Gasteiger partial charge < -0.3 is 10.5 Å². The van der Waals surface area contributed by atoms with E-state index >= 15 is 0 Å². The molecule has 0 heterocycles. The van der Waals surface area contributed by atoms with Crippen LogP contribution in [0, 0.1) is 0 Å². The van der Waals surface area contributed by atoms with E-state index in [0.717, 1.165) is 5.56 Å². The molecule has 3 nitrogen and oxygen atoms in total. The minimum atomic E-state index is 0.226. The number of hydrogen-bond donors (Lipinski definition) is 2. The minimum absolute atomic E-state index is 0.226. The summed E-state index contributed by atoms with van der Waals surface area (Å²) in [4.78, 5) is 0. The Morgan fingerprint density at radius 3 is 2.67 bits per heavy atom. The maximum absolute atomic E-state index is 9.36. The van der Waals surface area contributed by atoms with Crippen LogP contribution in [0.15, 0.2) is 58.1 Å². The highest BCUT2D eigenvalue weighted by molar-refractivity contribution is 9.10. The van der Waals surface area contributed by atoms with E-state index in [1.807, 2.05) is 36.4 Å². The zero-order valence-corrected chi connectivity index (χ0v) is 11.3. The first kappa shape index (κ1) is 12.6. The van der Waals surface area contributed by atoms with Crippen molar-refractivity contribution in [1.29, 1.82) is 0 Å². The van der Waals surface area contributed by atoms with Crippen molar-refractivity contribution in [3.63, 3.8) is 0 Å². The second-order valence-electron chi connectivity index (χ2n) is 3.79. The molecule has 0 saturated heterocycles. The molecule has 0 fully saturated rings. The SMILES string of the molecule is Oc1ccc(C=NNCc2ccccc2)cc1Br. The van der Waals surface area contributed by atoms with E-state index in [1.54, 1.807) is 18.3 Å². The van der Waals surface area contributed by atoms with Gasteiger partial charge in [-0.15, -0.1) is 0 Å². The lowest BCUT2D eigenvalue weighted by atomic mass is 10.2. The lowest BCUT2D eigenvalue weighted by Crippen LogP contribution is -2.05. The third-order valence-electron chi connectivity index (χ3n) is 2.40. The van der Waals surface area contributed by atoms with Crippen molar-refractivity contribution in [2.75, 3.05) is 0 Å². The number of nitrogens with zero attached hydrogens (tertiary/aromatic N) is 1. The maximum Gasteiger partial charge on any atom is 0.129 e. The summed E-state index contributed by atoms with van der Waals surface area (Å²) < 4.78 is 0.662. The lowest BCUT2D eigenvalue weighted by molar-refractivity contribution is 0.472. The van der Waals surface area contributed by atoms with Gasteiger partial charge in [0, 0.05) is 0 Å². The van der Waals surface area contributed by atoms with Crippen molar-refractivity contribution >= 4 is 22.1 Å². The summed E-state index contributed by atoms with van der Waals surface area (Å²) in [6, 6.07) is 15.3. The molecule has 2 aromatic rings. The number of phenolic OH excluding ortho intramolecular Hbond substituents is 1. The van der Waals surface area contributed by atoms with E-state index in [9.17, 15) is 5.11 Å². The molecule has 0 atom stereocenters. The zero-order valence-electron chi connectivity index (χ0n) is 9.68. The van der Waals surface area contributed by atoms with E-state index in [0.29, 0.717) is 11.0 Å². The molecular weight excluding hydrogens is 292 g/mol. The second kappa shape index (κ2) is 6.21. The molecule has 18 heavy (non-hydrogen) atoms. The van der Waals surface area contributed by atoms with Crippen LogP contribution >= 0.6 is 15.9 Å². The summed E-state index contributed by atoms with van der Waals surface area (Å²) in [7, 11) is 0. The molecule has 0 saturated carbocycles. The second-order valence-corrected chi connectivity index (χ2v) is 4.64. The van der Waals surface area contributed by atoms with Crippen LogP contribution in [0.4, 0.5) is 0 Å². The third kappa shape index (κ3) is 3.60. The van der Waals surface area contributed by atoms with Crippen molar-refractivity contribution in [1.82, 2.24) is 5.43 Å². The van der Waals surface area contributed by atoms with Crippen LogP contribution in [0.3, 0.4) is 0 Å². The van der Waals surface area contributed by atoms with Crippen LogP contribution in [0.1, 0.15) is 11.1 Å². The summed E-state index contributed by atoms with van der Waals surface area (Å²) in [5.74, 6) is 0.226. The molecule has 2 N–H and O–H groups in total. The fraction of sp³-hybridized carbons (Fsp3) is 0.0714. The highest BCUT2D eigenvalue weighted by atomic mass is 79.9. The molecule has 92 valence electrons. The van der Waals surface area contributed by atoms with Gasteiger partial charge in [-0.1, -0.05) is 30.3 Å². The fourth-order valence-electron chi connectivity index (χ4n) is 1.46. The molecule has 0 aliphatic carbocycles. The Labute approximate surface area is 114 Å². The van der Waals surface area contributed by atoms with E-state index in [-0.39, 0.29) is 5.75 Å². The van der Waals surface area contributed by atoms with Crippen LogP contribution in [0.2, 0.25) is 0 Å². The highest BCUT2D eigenvalue weighted by Crippen LogP contribution is 2.23. The van der Waals surface area contributed by atoms with E-state index in [1.165, 1.54) is 5.56 Å². The van der Waals surface area contributed by atoms with Crippen LogP contribution in [0.5, 0.6) is 5.75 Å². The normalized spacial score (nSPS) is 10.7. The highest BCUT2D eigenvalue weighted by Gasteiger charge is 1.96. The Kier molecular flexibility index (Phi) is 4.36. The Morgan fingerprint density at radius 2 is 1.94 bits per heavy atom.